The summed E-state index contributed by atoms with van der Waals surface area (Å²) in [6, 6.07) is 13.7. The lowest BCUT2D eigenvalue weighted by atomic mass is 9.97. The average Bonchev–Trinajstić information content (AvgIpc) is 2.74. The molecule has 0 bridgehead atoms. The van der Waals surface area contributed by atoms with Crippen LogP contribution in [0.5, 0.6) is 17.2 Å². The van der Waals surface area contributed by atoms with Crippen LogP contribution in [0.25, 0.3) is 6.08 Å². The normalized spacial score (nSPS) is 15.6. The first kappa shape index (κ1) is 19.8. The van der Waals surface area contributed by atoms with E-state index < -0.39 is 0 Å². The van der Waals surface area contributed by atoms with E-state index in [2.05, 4.69) is 18.3 Å². The maximum Gasteiger partial charge on any atom is 0.244 e. The molecule has 0 fully saturated rings. The van der Waals surface area contributed by atoms with Crippen molar-refractivity contribution < 1.29 is 19.0 Å². The van der Waals surface area contributed by atoms with Crippen LogP contribution in [-0.2, 0) is 11.2 Å². The lowest BCUT2D eigenvalue weighted by Gasteiger charge is -2.25. The molecule has 5 nitrogen and oxygen atoms in total. The minimum Gasteiger partial charge on any atom is -0.493 e. The largest absolute Gasteiger partial charge is 0.493 e. The number of carbonyl (C=O) groups is 1. The highest BCUT2D eigenvalue weighted by Crippen LogP contribution is 2.29. The highest BCUT2D eigenvalue weighted by molar-refractivity contribution is 5.91. The fourth-order valence-corrected chi connectivity index (χ4v) is 3.12. The number of methoxy groups -OCH3 is 1. The number of hydrogen-bond acceptors (Lipinski definition) is 4. The van der Waals surface area contributed by atoms with Crippen LogP contribution >= 0.6 is 0 Å². The molecule has 2 aromatic carbocycles. The first-order chi connectivity index (χ1) is 13.7. The van der Waals surface area contributed by atoms with Crippen molar-refractivity contribution in [2.75, 3.05) is 26.9 Å². The Morgan fingerprint density at radius 3 is 2.93 bits per heavy atom. The molecule has 1 atom stereocenters. The summed E-state index contributed by atoms with van der Waals surface area (Å²) in [6.45, 7) is 3.91. The van der Waals surface area contributed by atoms with E-state index in [4.69, 9.17) is 14.2 Å². The summed E-state index contributed by atoms with van der Waals surface area (Å²) in [4.78, 5) is 12.2. The van der Waals surface area contributed by atoms with Gasteiger partial charge in [0.15, 0.2) is 11.5 Å². The summed E-state index contributed by atoms with van der Waals surface area (Å²) in [5.74, 6) is 2.48. The zero-order valence-corrected chi connectivity index (χ0v) is 16.4. The van der Waals surface area contributed by atoms with Crippen molar-refractivity contribution in [3.63, 3.8) is 0 Å². The first-order valence-corrected chi connectivity index (χ1v) is 9.67. The summed E-state index contributed by atoms with van der Waals surface area (Å²) in [7, 11) is 1.61. The number of benzene rings is 2. The quantitative estimate of drug-likeness (QED) is 0.706. The molecule has 0 aliphatic carbocycles. The second-order valence-electron chi connectivity index (χ2n) is 6.83. The van der Waals surface area contributed by atoms with Gasteiger partial charge in [-0.05, 0) is 48.2 Å². The second kappa shape index (κ2) is 9.83. The molecular weight excluding hydrogens is 354 g/mol. The second-order valence-corrected chi connectivity index (χ2v) is 6.83. The van der Waals surface area contributed by atoms with Gasteiger partial charge < -0.3 is 19.5 Å². The molecule has 0 saturated carbocycles. The van der Waals surface area contributed by atoms with Crippen LogP contribution in [0.15, 0.2) is 48.5 Å². The molecule has 0 aromatic heterocycles. The van der Waals surface area contributed by atoms with E-state index in [1.54, 1.807) is 19.3 Å². The van der Waals surface area contributed by atoms with Crippen molar-refractivity contribution in [3.05, 3.63) is 59.7 Å². The minimum absolute atomic E-state index is 0.121. The molecular formula is C23H27NO4. The van der Waals surface area contributed by atoms with Gasteiger partial charge in [-0.1, -0.05) is 31.2 Å². The molecule has 5 heteroatoms. The van der Waals surface area contributed by atoms with Gasteiger partial charge in [0.05, 0.1) is 20.3 Å². The fraction of sp³-hybridized carbons (Fsp3) is 0.348. The van der Waals surface area contributed by atoms with Crippen LogP contribution in [-0.4, -0.2) is 32.8 Å². The molecule has 28 heavy (non-hydrogen) atoms. The van der Waals surface area contributed by atoms with Crippen molar-refractivity contribution in [3.8, 4) is 17.2 Å². The van der Waals surface area contributed by atoms with Gasteiger partial charge in [0.1, 0.15) is 5.75 Å². The lowest BCUT2D eigenvalue weighted by Crippen LogP contribution is -2.33. The molecule has 1 N–H and O–H groups in total. The van der Waals surface area contributed by atoms with E-state index in [-0.39, 0.29) is 11.8 Å². The zero-order valence-electron chi connectivity index (χ0n) is 16.4. The van der Waals surface area contributed by atoms with Crippen molar-refractivity contribution in [2.24, 2.45) is 5.92 Å². The van der Waals surface area contributed by atoms with Crippen LogP contribution in [0.4, 0.5) is 0 Å². The van der Waals surface area contributed by atoms with Gasteiger partial charge in [-0.15, -0.1) is 0 Å². The molecule has 2 aromatic rings. The van der Waals surface area contributed by atoms with Gasteiger partial charge in [-0.3, -0.25) is 4.79 Å². The van der Waals surface area contributed by atoms with E-state index in [0.717, 1.165) is 24.2 Å². The monoisotopic (exact) mass is 381 g/mol. The predicted octanol–water partition coefficient (Wildman–Crippen LogP) is 3.86. The summed E-state index contributed by atoms with van der Waals surface area (Å²) >= 11 is 0. The van der Waals surface area contributed by atoms with Crippen molar-refractivity contribution in [1.82, 2.24) is 5.32 Å². The molecule has 1 amide bonds. The van der Waals surface area contributed by atoms with E-state index in [0.29, 0.717) is 31.3 Å². The molecule has 1 heterocycles. The first-order valence-electron chi connectivity index (χ1n) is 9.67. The van der Waals surface area contributed by atoms with E-state index in [1.165, 1.54) is 5.56 Å². The minimum atomic E-state index is -0.121. The Balaban J connectivity index is 1.51. The van der Waals surface area contributed by atoms with E-state index >= 15 is 0 Å². The molecule has 1 aliphatic rings. The summed E-state index contributed by atoms with van der Waals surface area (Å²) in [5.41, 5.74) is 2.08. The SMILES string of the molecule is CCCOc1ccc(/C=C/C(=O)NCC2COc3ccccc3C2)cc1OC. The number of amides is 1. The number of hydrogen-bond donors (Lipinski definition) is 1. The van der Waals surface area contributed by atoms with Gasteiger partial charge >= 0.3 is 0 Å². The Morgan fingerprint density at radius 1 is 1.25 bits per heavy atom. The van der Waals surface area contributed by atoms with Gasteiger partial charge in [0, 0.05) is 18.5 Å². The van der Waals surface area contributed by atoms with Crippen molar-refractivity contribution in [2.45, 2.75) is 19.8 Å². The predicted molar refractivity (Wildman–Crippen MR) is 110 cm³/mol. The third kappa shape index (κ3) is 5.28. The third-order valence-electron chi connectivity index (χ3n) is 4.60. The Kier molecular flexibility index (Phi) is 6.95. The van der Waals surface area contributed by atoms with Gasteiger partial charge in [-0.25, -0.2) is 0 Å². The molecule has 3 rings (SSSR count). The number of rotatable bonds is 8. The fourth-order valence-electron chi connectivity index (χ4n) is 3.12. The lowest BCUT2D eigenvalue weighted by molar-refractivity contribution is -0.116. The number of carbonyl (C=O) groups excluding carboxylic acids is 1. The van der Waals surface area contributed by atoms with E-state index in [9.17, 15) is 4.79 Å². The van der Waals surface area contributed by atoms with Gasteiger partial charge in [-0.2, -0.15) is 0 Å². The van der Waals surface area contributed by atoms with E-state index in [1.807, 2.05) is 36.4 Å². The van der Waals surface area contributed by atoms with Crippen molar-refractivity contribution >= 4 is 12.0 Å². The maximum atomic E-state index is 12.2. The third-order valence-corrected chi connectivity index (χ3v) is 4.60. The smallest absolute Gasteiger partial charge is 0.244 e. The Bertz CT molecular complexity index is 831. The van der Waals surface area contributed by atoms with Crippen molar-refractivity contribution in [1.29, 1.82) is 0 Å². The average molecular weight is 381 g/mol. The van der Waals surface area contributed by atoms with Gasteiger partial charge in [0.2, 0.25) is 5.91 Å². The standard InChI is InChI=1S/C23H27NO4/c1-3-12-27-21-10-8-17(14-22(21)26-2)9-11-23(25)24-15-18-13-19-6-4-5-7-20(19)28-16-18/h4-11,14,18H,3,12-13,15-16H2,1-2H3,(H,24,25)/b11-9+. The highest BCUT2D eigenvalue weighted by atomic mass is 16.5. The number of nitrogens with one attached hydrogen (secondary N) is 1. The molecule has 1 unspecified atom stereocenters. The highest BCUT2D eigenvalue weighted by Gasteiger charge is 2.19. The number of para-hydroxylation sites is 1. The Labute approximate surface area is 166 Å². The summed E-state index contributed by atoms with van der Waals surface area (Å²) in [5, 5.41) is 2.96. The summed E-state index contributed by atoms with van der Waals surface area (Å²) < 4.78 is 16.8. The maximum absolute atomic E-state index is 12.2. The number of ether oxygens (including phenoxy) is 3. The molecule has 1 aliphatic heterocycles. The molecule has 148 valence electrons. The molecule has 0 saturated heterocycles. The van der Waals surface area contributed by atoms with Crippen LogP contribution in [0.1, 0.15) is 24.5 Å². The van der Waals surface area contributed by atoms with Crippen LogP contribution < -0.4 is 19.5 Å². The number of fused-ring (bicyclic) bond motifs is 1. The van der Waals surface area contributed by atoms with Gasteiger partial charge in [0.25, 0.3) is 0 Å². The summed E-state index contributed by atoms with van der Waals surface area (Å²) in [6.07, 6.45) is 5.16. The Morgan fingerprint density at radius 2 is 2.11 bits per heavy atom. The molecule has 0 spiro atoms. The Hall–Kier alpha value is -2.95. The van der Waals surface area contributed by atoms with Crippen LogP contribution in [0, 0.1) is 5.92 Å². The zero-order chi connectivity index (χ0) is 19.8. The molecule has 0 radical (unpaired) electrons. The van der Waals surface area contributed by atoms with Crippen LogP contribution in [0.3, 0.4) is 0 Å². The topological polar surface area (TPSA) is 56.8 Å². The van der Waals surface area contributed by atoms with Crippen LogP contribution in [0.2, 0.25) is 0 Å².